The minimum Gasteiger partial charge on any atom is -0.508 e. The van der Waals surface area contributed by atoms with Crippen molar-refractivity contribution in [2.75, 3.05) is 6.54 Å². The SMILES string of the molecule is CC(N)C(=O)NC(Cc1ccc(O)cc1)C(=O)N1CCCC1C(=O)NC(C(=O)O)C(C)O. The van der Waals surface area contributed by atoms with Crippen molar-refractivity contribution in [3.8, 4) is 5.75 Å². The number of aliphatic carboxylic acids is 1. The monoisotopic (exact) mass is 450 g/mol. The summed E-state index contributed by atoms with van der Waals surface area (Å²) in [6.07, 6.45) is -0.386. The quantitative estimate of drug-likeness (QED) is 0.268. The van der Waals surface area contributed by atoms with Crippen LogP contribution < -0.4 is 16.4 Å². The number of rotatable bonds is 9. The van der Waals surface area contributed by atoms with Crippen LogP contribution in [0.25, 0.3) is 0 Å². The van der Waals surface area contributed by atoms with Crippen molar-refractivity contribution in [1.29, 1.82) is 0 Å². The highest BCUT2D eigenvalue weighted by Crippen LogP contribution is 2.21. The number of carboxylic acids is 1. The summed E-state index contributed by atoms with van der Waals surface area (Å²) in [5.74, 6) is -3.07. The van der Waals surface area contributed by atoms with Gasteiger partial charge in [0.15, 0.2) is 6.04 Å². The van der Waals surface area contributed by atoms with Crippen LogP contribution in [0.4, 0.5) is 0 Å². The Hall–Kier alpha value is -3.18. The molecular weight excluding hydrogens is 420 g/mol. The molecule has 0 saturated carbocycles. The average molecular weight is 450 g/mol. The second kappa shape index (κ2) is 10.9. The molecule has 1 saturated heterocycles. The van der Waals surface area contributed by atoms with E-state index in [2.05, 4.69) is 10.6 Å². The highest BCUT2D eigenvalue weighted by Gasteiger charge is 2.39. The molecule has 0 aromatic heterocycles. The molecule has 1 aliphatic heterocycles. The molecule has 0 spiro atoms. The molecule has 11 heteroatoms. The Kier molecular flexibility index (Phi) is 8.56. The lowest BCUT2D eigenvalue weighted by Crippen LogP contribution is -2.58. The molecule has 2 rings (SSSR count). The summed E-state index contributed by atoms with van der Waals surface area (Å²) in [6.45, 7) is 2.98. The fourth-order valence-electron chi connectivity index (χ4n) is 3.51. The fraction of sp³-hybridized carbons (Fsp3) is 0.524. The van der Waals surface area contributed by atoms with Gasteiger partial charge in [-0.3, -0.25) is 14.4 Å². The maximum Gasteiger partial charge on any atom is 0.328 e. The van der Waals surface area contributed by atoms with Crippen molar-refractivity contribution < 1.29 is 34.5 Å². The van der Waals surface area contributed by atoms with E-state index in [1.165, 1.54) is 30.9 Å². The van der Waals surface area contributed by atoms with E-state index >= 15 is 0 Å². The van der Waals surface area contributed by atoms with E-state index in [1.54, 1.807) is 12.1 Å². The third-order valence-corrected chi connectivity index (χ3v) is 5.29. The van der Waals surface area contributed by atoms with E-state index in [-0.39, 0.29) is 18.7 Å². The Morgan fingerprint density at radius 2 is 1.78 bits per heavy atom. The van der Waals surface area contributed by atoms with Gasteiger partial charge in [-0.1, -0.05) is 12.1 Å². The third-order valence-electron chi connectivity index (χ3n) is 5.29. The van der Waals surface area contributed by atoms with Crippen molar-refractivity contribution in [2.45, 2.75) is 63.4 Å². The number of carbonyl (C=O) groups excluding carboxylic acids is 3. The van der Waals surface area contributed by atoms with Crippen LogP contribution >= 0.6 is 0 Å². The van der Waals surface area contributed by atoms with E-state index in [1.807, 2.05) is 0 Å². The summed E-state index contributed by atoms with van der Waals surface area (Å²) >= 11 is 0. The number of amides is 3. The zero-order chi connectivity index (χ0) is 24.0. The molecule has 5 unspecified atom stereocenters. The van der Waals surface area contributed by atoms with Crippen LogP contribution in [-0.4, -0.2) is 80.7 Å². The molecule has 176 valence electrons. The standard InChI is InChI=1S/C21H30N4O7/c1-11(22)18(28)23-15(10-13-5-7-14(27)8-6-13)20(30)25-9-3-4-16(25)19(29)24-17(12(2)26)21(31)32/h5-8,11-12,15-17,26-27H,3-4,9-10,22H2,1-2H3,(H,23,28)(H,24,29)(H,31,32). The number of hydrogen-bond donors (Lipinski definition) is 6. The number of phenols is 1. The Morgan fingerprint density at radius 3 is 2.31 bits per heavy atom. The lowest BCUT2D eigenvalue weighted by atomic mass is 10.0. The summed E-state index contributed by atoms with van der Waals surface area (Å²) in [6, 6.07) is 1.83. The Morgan fingerprint density at radius 1 is 1.16 bits per heavy atom. The second-order valence-corrected chi connectivity index (χ2v) is 7.98. The van der Waals surface area contributed by atoms with Crippen LogP contribution in [0.5, 0.6) is 5.75 Å². The van der Waals surface area contributed by atoms with Crippen molar-refractivity contribution in [1.82, 2.24) is 15.5 Å². The third kappa shape index (κ3) is 6.41. The van der Waals surface area contributed by atoms with Crippen LogP contribution in [0, 0.1) is 0 Å². The smallest absolute Gasteiger partial charge is 0.328 e. The first-order chi connectivity index (χ1) is 15.0. The summed E-state index contributed by atoms with van der Waals surface area (Å²) in [5.41, 5.74) is 6.30. The average Bonchev–Trinajstić information content (AvgIpc) is 3.21. The van der Waals surface area contributed by atoms with Gasteiger partial charge in [0.05, 0.1) is 12.1 Å². The molecule has 3 amide bonds. The summed E-state index contributed by atoms with van der Waals surface area (Å²) in [5, 5.41) is 33.2. The summed E-state index contributed by atoms with van der Waals surface area (Å²) in [4.78, 5) is 50.8. The number of phenolic OH excluding ortho intramolecular Hbond substituents is 1. The number of aromatic hydroxyl groups is 1. The van der Waals surface area contributed by atoms with Crippen LogP contribution in [0.2, 0.25) is 0 Å². The molecule has 1 heterocycles. The normalized spacial score (nSPS) is 19.5. The van der Waals surface area contributed by atoms with E-state index in [0.29, 0.717) is 18.4 Å². The first kappa shape index (κ1) is 25.1. The van der Waals surface area contributed by atoms with Gasteiger partial charge in [0.25, 0.3) is 0 Å². The number of benzene rings is 1. The van der Waals surface area contributed by atoms with Gasteiger partial charge in [0.2, 0.25) is 17.7 Å². The number of aliphatic hydroxyl groups excluding tert-OH is 1. The molecule has 0 radical (unpaired) electrons. The lowest BCUT2D eigenvalue weighted by molar-refractivity contribution is -0.147. The van der Waals surface area contributed by atoms with Crippen molar-refractivity contribution in [3.63, 3.8) is 0 Å². The number of hydrogen-bond acceptors (Lipinski definition) is 7. The highest BCUT2D eigenvalue weighted by molar-refractivity contribution is 5.94. The summed E-state index contributed by atoms with van der Waals surface area (Å²) < 4.78 is 0. The number of likely N-dealkylation sites (tertiary alicyclic amines) is 1. The molecular formula is C21H30N4O7. The molecule has 5 atom stereocenters. The second-order valence-electron chi connectivity index (χ2n) is 7.98. The number of aliphatic hydroxyl groups is 1. The molecule has 1 aliphatic rings. The first-order valence-electron chi connectivity index (χ1n) is 10.4. The Labute approximate surface area is 185 Å². The molecule has 11 nitrogen and oxygen atoms in total. The number of nitrogens with zero attached hydrogens (tertiary/aromatic N) is 1. The van der Waals surface area contributed by atoms with Gasteiger partial charge in [-0.2, -0.15) is 0 Å². The maximum absolute atomic E-state index is 13.3. The number of carbonyl (C=O) groups is 4. The van der Waals surface area contributed by atoms with E-state index < -0.39 is 54.0 Å². The molecule has 1 aromatic rings. The van der Waals surface area contributed by atoms with Gasteiger partial charge in [0.1, 0.15) is 17.8 Å². The topological polar surface area (TPSA) is 182 Å². The Balaban J connectivity index is 2.21. The lowest BCUT2D eigenvalue weighted by Gasteiger charge is -2.30. The maximum atomic E-state index is 13.3. The molecule has 7 N–H and O–H groups in total. The zero-order valence-electron chi connectivity index (χ0n) is 18.0. The van der Waals surface area contributed by atoms with Crippen LogP contribution in [0.3, 0.4) is 0 Å². The minimum absolute atomic E-state index is 0.0543. The van der Waals surface area contributed by atoms with E-state index in [0.717, 1.165) is 0 Å². The number of nitrogens with two attached hydrogens (primary N) is 1. The van der Waals surface area contributed by atoms with Crippen molar-refractivity contribution in [3.05, 3.63) is 29.8 Å². The van der Waals surface area contributed by atoms with Gasteiger partial charge in [0, 0.05) is 13.0 Å². The largest absolute Gasteiger partial charge is 0.508 e. The van der Waals surface area contributed by atoms with Gasteiger partial charge >= 0.3 is 5.97 Å². The predicted molar refractivity (Wildman–Crippen MR) is 113 cm³/mol. The molecule has 0 aliphatic carbocycles. The first-order valence-corrected chi connectivity index (χ1v) is 10.4. The predicted octanol–water partition coefficient (Wildman–Crippen LogP) is -1.29. The van der Waals surface area contributed by atoms with Gasteiger partial charge in [-0.15, -0.1) is 0 Å². The van der Waals surface area contributed by atoms with E-state index in [4.69, 9.17) is 5.73 Å². The molecule has 1 fully saturated rings. The number of nitrogens with one attached hydrogen (secondary N) is 2. The van der Waals surface area contributed by atoms with Crippen molar-refractivity contribution in [2.24, 2.45) is 5.73 Å². The Bertz CT molecular complexity index is 841. The van der Waals surface area contributed by atoms with Crippen molar-refractivity contribution >= 4 is 23.7 Å². The van der Waals surface area contributed by atoms with Crippen LogP contribution in [0.15, 0.2) is 24.3 Å². The van der Waals surface area contributed by atoms with Crippen LogP contribution in [0.1, 0.15) is 32.3 Å². The van der Waals surface area contributed by atoms with Gasteiger partial charge in [-0.25, -0.2) is 4.79 Å². The number of carboxylic acid groups (broad SMARTS) is 1. The van der Waals surface area contributed by atoms with Crippen LogP contribution in [-0.2, 0) is 25.6 Å². The van der Waals surface area contributed by atoms with E-state index in [9.17, 15) is 34.5 Å². The minimum atomic E-state index is -1.51. The van der Waals surface area contributed by atoms with Gasteiger partial charge in [-0.05, 0) is 44.4 Å². The van der Waals surface area contributed by atoms with Gasteiger partial charge < -0.3 is 36.6 Å². The fourth-order valence-corrected chi connectivity index (χ4v) is 3.51. The molecule has 32 heavy (non-hydrogen) atoms. The molecule has 0 bridgehead atoms. The zero-order valence-corrected chi connectivity index (χ0v) is 18.0. The molecule has 1 aromatic carbocycles. The highest BCUT2D eigenvalue weighted by atomic mass is 16.4. The summed E-state index contributed by atoms with van der Waals surface area (Å²) in [7, 11) is 0.